The number of hydrogen-bond acceptors (Lipinski definition) is 2. The molecule has 2 aromatic carbocycles. The number of benzene rings is 2. The van der Waals surface area contributed by atoms with E-state index in [0.29, 0.717) is 0 Å². The van der Waals surface area contributed by atoms with Crippen LogP contribution in [0.2, 0.25) is 0 Å². The minimum absolute atomic E-state index is 1.07. The van der Waals surface area contributed by atoms with Gasteiger partial charge in [0.25, 0.3) is 0 Å². The molecule has 3 aromatic rings. The van der Waals surface area contributed by atoms with Gasteiger partial charge < -0.3 is 0 Å². The quantitative estimate of drug-likeness (QED) is 0.579. The summed E-state index contributed by atoms with van der Waals surface area (Å²) in [6.45, 7) is 0. The van der Waals surface area contributed by atoms with Gasteiger partial charge in [-0.15, -0.1) is 24.0 Å². The molecule has 0 aliphatic carbocycles. The van der Waals surface area contributed by atoms with Crippen LogP contribution in [0.15, 0.2) is 58.8 Å². The Hall–Kier alpha value is -1.25. The second kappa shape index (κ2) is 3.96. The van der Waals surface area contributed by atoms with Gasteiger partial charge in [0.05, 0.1) is 0 Å². The molecule has 16 heavy (non-hydrogen) atoms. The van der Waals surface area contributed by atoms with E-state index in [2.05, 4.69) is 60.5 Å². The summed E-state index contributed by atoms with van der Waals surface area (Å²) in [6, 6.07) is 17.0. The SMILES string of the molecule is Sc1csc2cc(-c3ccccc3)ccc12. The maximum Gasteiger partial charge on any atom is 0.0360 e. The van der Waals surface area contributed by atoms with Crippen molar-refractivity contribution in [1.29, 1.82) is 0 Å². The summed E-state index contributed by atoms with van der Waals surface area (Å²) in [5.41, 5.74) is 2.53. The van der Waals surface area contributed by atoms with Gasteiger partial charge in [-0.05, 0) is 17.2 Å². The molecule has 0 nitrogen and oxygen atoms in total. The zero-order chi connectivity index (χ0) is 11.0. The molecule has 0 spiro atoms. The molecule has 3 rings (SSSR count). The van der Waals surface area contributed by atoms with Crippen LogP contribution < -0.4 is 0 Å². The van der Waals surface area contributed by atoms with E-state index >= 15 is 0 Å². The normalized spacial score (nSPS) is 10.8. The second-order valence-corrected chi connectivity index (χ2v) is 5.09. The highest BCUT2D eigenvalue weighted by Crippen LogP contribution is 2.32. The summed E-state index contributed by atoms with van der Waals surface area (Å²) in [5, 5.41) is 3.33. The van der Waals surface area contributed by atoms with Crippen molar-refractivity contribution in [3.63, 3.8) is 0 Å². The van der Waals surface area contributed by atoms with Crippen LogP contribution in [0.25, 0.3) is 21.2 Å². The largest absolute Gasteiger partial charge is 0.143 e. The summed E-state index contributed by atoms with van der Waals surface area (Å²) >= 11 is 6.18. The van der Waals surface area contributed by atoms with Gasteiger partial charge in [-0.2, -0.15) is 0 Å². The smallest absolute Gasteiger partial charge is 0.0360 e. The lowest BCUT2D eigenvalue weighted by atomic mass is 10.1. The standard InChI is InChI=1S/C14H10S2/c15-13-9-16-14-8-11(6-7-12(13)14)10-4-2-1-3-5-10/h1-9,15H. The third kappa shape index (κ3) is 1.64. The molecule has 0 aliphatic heterocycles. The van der Waals surface area contributed by atoms with E-state index in [4.69, 9.17) is 0 Å². The average molecular weight is 242 g/mol. The van der Waals surface area contributed by atoms with Gasteiger partial charge in [0.2, 0.25) is 0 Å². The molecule has 1 aromatic heterocycles. The highest BCUT2D eigenvalue weighted by Gasteiger charge is 2.02. The molecule has 0 bridgehead atoms. The number of hydrogen-bond donors (Lipinski definition) is 1. The van der Waals surface area contributed by atoms with E-state index in [9.17, 15) is 0 Å². The van der Waals surface area contributed by atoms with E-state index < -0.39 is 0 Å². The van der Waals surface area contributed by atoms with Crippen molar-refractivity contribution in [2.75, 3.05) is 0 Å². The first-order chi connectivity index (χ1) is 7.84. The fourth-order valence-corrected chi connectivity index (χ4v) is 3.12. The van der Waals surface area contributed by atoms with E-state index in [1.165, 1.54) is 21.2 Å². The van der Waals surface area contributed by atoms with Gasteiger partial charge in [0.15, 0.2) is 0 Å². The summed E-state index contributed by atoms with van der Waals surface area (Å²) in [4.78, 5) is 1.07. The van der Waals surface area contributed by atoms with Crippen molar-refractivity contribution in [1.82, 2.24) is 0 Å². The fourth-order valence-electron chi connectivity index (χ4n) is 1.82. The van der Waals surface area contributed by atoms with Gasteiger partial charge in [-0.25, -0.2) is 0 Å². The summed E-state index contributed by atoms with van der Waals surface area (Å²) < 4.78 is 1.30. The highest BCUT2D eigenvalue weighted by atomic mass is 32.1. The van der Waals surface area contributed by atoms with Crippen molar-refractivity contribution < 1.29 is 0 Å². The third-order valence-corrected chi connectivity index (χ3v) is 4.15. The second-order valence-electron chi connectivity index (χ2n) is 3.70. The molecule has 78 valence electrons. The molecule has 0 N–H and O–H groups in total. The Labute approximate surface area is 104 Å². The molecule has 1 heterocycles. The number of fused-ring (bicyclic) bond motifs is 1. The Balaban J connectivity index is 2.19. The van der Waals surface area contributed by atoms with Gasteiger partial charge in [0, 0.05) is 20.4 Å². The lowest BCUT2D eigenvalue weighted by molar-refractivity contribution is 1.63. The fraction of sp³-hybridized carbons (Fsp3) is 0. The number of thiol groups is 1. The molecule has 0 radical (unpaired) electrons. The Morgan fingerprint density at radius 2 is 1.69 bits per heavy atom. The number of thiophene rings is 1. The lowest BCUT2D eigenvalue weighted by Crippen LogP contribution is -1.75. The van der Waals surface area contributed by atoms with Crippen LogP contribution in [0.1, 0.15) is 0 Å². The summed E-state index contributed by atoms with van der Waals surface area (Å²) in [6.07, 6.45) is 0. The van der Waals surface area contributed by atoms with Crippen LogP contribution in [-0.4, -0.2) is 0 Å². The molecular formula is C14H10S2. The van der Waals surface area contributed by atoms with Crippen molar-refractivity contribution >= 4 is 34.1 Å². The molecule has 0 saturated carbocycles. The molecule has 0 aliphatic rings. The van der Waals surface area contributed by atoms with E-state index in [1.807, 2.05) is 6.07 Å². The maximum atomic E-state index is 4.43. The van der Waals surface area contributed by atoms with Gasteiger partial charge in [0.1, 0.15) is 0 Å². The Kier molecular flexibility index (Phi) is 2.46. The van der Waals surface area contributed by atoms with Crippen molar-refractivity contribution in [3.05, 3.63) is 53.9 Å². The van der Waals surface area contributed by atoms with Crippen molar-refractivity contribution in [2.24, 2.45) is 0 Å². The minimum atomic E-state index is 1.07. The van der Waals surface area contributed by atoms with Crippen LogP contribution in [0.3, 0.4) is 0 Å². The van der Waals surface area contributed by atoms with Crippen LogP contribution in [0.4, 0.5) is 0 Å². The average Bonchev–Trinajstić information content (AvgIpc) is 2.72. The molecule has 2 heteroatoms. The van der Waals surface area contributed by atoms with Crippen LogP contribution in [-0.2, 0) is 0 Å². The van der Waals surface area contributed by atoms with Gasteiger partial charge >= 0.3 is 0 Å². The number of rotatable bonds is 1. The molecule has 0 fully saturated rings. The topological polar surface area (TPSA) is 0 Å². The predicted molar refractivity (Wildman–Crippen MR) is 74.5 cm³/mol. The van der Waals surface area contributed by atoms with Crippen molar-refractivity contribution in [3.8, 4) is 11.1 Å². The lowest BCUT2D eigenvalue weighted by Gasteiger charge is -2.01. The first-order valence-corrected chi connectivity index (χ1v) is 6.43. The van der Waals surface area contributed by atoms with Crippen LogP contribution in [0.5, 0.6) is 0 Å². The van der Waals surface area contributed by atoms with Crippen LogP contribution in [0, 0.1) is 0 Å². The zero-order valence-corrected chi connectivity index (χ0v) is 10.3. The van der Waals surface area contributed by atoms with Gasteiger partial charge in [-0.1, -0.05) is 42.5 Å². The molecule has 0 atom stereocenters. The summed E-state index contributed by atoms with van der Waals surface area (Å²) in [7, 11) is 0. The highest BCUT2D eigenvalue weighted by molar-refractivity contribution is 7.80. The minimum Gasteiger partial charge on any atom is -0.143 e. The zero-order valence-electron chi connectivity index (χ0n) is 8.55. The first kappa shape index (κ1) is 9.94. The molecule has 0 amide bonds. The van der Waals surface area contributed by atoms with Crippen molar-refractivity contribution in [2.45, 2.75) is 4.90 Å². The molecule has 0 unspecified atom stereocenters. The summed E-state index contributed by atoms with van der Waals surface area (Å²) in [5.74, 6) is 0. The van der Waals surface area contributed by atoms with E-state index in [0.717, 1.165) is 4.90 Å². The monoisotopic (exact) mass is 242 g/mol. The van der Waals surface area contributed by atoms with Gasteiger partial charge in [-0.3, -0.25) is 0 Å². The Bertz CT molecular complexity index is 624. The Morgan fingerprint density at radius 1 is 0.875 bits per heavy atom. The van der Waals surface area contributed by atoms with E-state index in [1.54, 1.807) is 11.3 Å². The Morgan fingerprint density at radius 3 is 2.50 bits per heavy atom. The maximum absolute atomic E-state index is 4.43. The van der Waals surface area contributed by atoms with E-state index in [-0.39, 0.29) is 0 Å². The molecule has 0 saturated heterocycles. The molecular weight excluding hydrogens is 232 g/mol. The predicted octanol–water partition coefficient (Wildman–Crippen LogP) is 4.86. The first-order valence-electron chi connectivity index (χ1n) is 5.10. The van der Waals surface area contributed by atoms with Crippen LogP contribution >= 0.6 is 24.0 Å². The third-order valence-electron chi connectivity index (χ3n) is 2.66.